The maximum Gasteiger partial charge on any atom is 0.268 e. The normalized spacial score (nSPS) is 21.2. The van der Waals surface area contributed by atoms with Gasteiger partial charge in [-0.25, -0.2) is 8.78 Å². The molecule has 0 amide bonds. The van der Waals surface area contributed by atoms with Crippen LogP contribution in [0.25, 0.3) is 0 Å². The van der Waals surface area contributed by atoms with Crippen LogP contribution in [0.4, 0.5) is 8.78 Å². The van der Waals surface area contributed by atoms with Crippen molar-refractivity contribution in [3.8, 4) is 0 Å². The van der Waals surface area contributed by atoms with Gasteiger partial charge in [-0.2, -0.15) is 0 Å². The molecular formula is C12H14F2O2. The summed E-state index contributed by atoms with van der Waals surface area (Å²) in [6.07, 6.45) is -3.02. The summed E-state index contributed by atoms with van der Waals surface area (Å²) < 4.78 is 30.4. The van der Waals surface area contributed by atoms with E-state index in [1.165, 1.54) is 7.11 Å². The number of fused-ring (bicyclic) bond motifs is 1. The van der Waals surface area contributed by atoms with Gasteiger partial charge in [0.15, 0.2) is 0 Å². The second-order valence-corrected chi connectivity index (χ2v) is 3.96. The first-order chi connectivity index (χ1) is 7.65. The molecule has 0 fully saturated rings. The molecule has 2 nitrogen and oxygen atoms in total. The summed E-state index contributed by atoms with van der Waals surface area (Å²) in [5.74, 6) is 0. The Morgan fingerprint density at radius 1 is 1.44 bits per heavy atom. The number of ether oxygens (including phenoxy) is 1. The van der Waals surface area contributed by atoms with E-state index in [-0.39, 0.29) is 0 Å². The second-order valence-electron chi connectivity index (χ2n) is 3.96. The first kappa shape index (κ1) is 11.5. The Balaban J connectivity index is 2.42. The maximum atomic E-state index is 12.8. The third-order valence-corrected chi connectivity index (χ3v) is 3.06. The number of hydrogen-bond acceptors (Lipinski definition) is 2. The molecule has 0 saturated carbocycles. The lowest BCUT2D eigenvalue weighted by Gasteiger charge is -2.18. The van der Waals surface area contributed by atoms with Crippen LogP contribution in [-0.2, 0) is 11.2 Å². The molecule has 1 aliphatic carbocycles. The zero-order chi connectivity index (χ0) is 11.7. The van der Waals surface area contributed by atoms with Crippen LogP contribution < -0.4 is 0 Å². The minimum Gasteiger partial charge on any atom is -0.388 e. The summed E-state index contributed by atoms with van der Waals surface area (Å²) in [5, 5.41) is 9.67. The predicted octanol–water partition coefficient (Wildman–Crippen LogP) is 2.62. The van der Waals surface area contributed by atoms with Gasteiger partial charge in [-0.05, 0) is 29.5 Å². The Bertz CT molecular complexity index is 379. The standard InChI is InChI=1S/C12H14F2O2/c1-16-11(12(13)14)9-4-2-3-8-7(9)5-6-10(8)15/h2-4,10-12,15H,5-6H2,1H3. The summed E-state index contributed by atoms with van der Waals surface area (Å²) in [7, 11) is 1.28. The molecule has 0 saturated heterocycles. The lowest BCUT2D eigenvalue weighted by atomic mass is 9.99. The van der Waals surface area contributed by atoms with Gasteiger partial charge in [0.2, 0.25) is 0 Å². The van der Waals surface area contributed by atoms with Crippen LogP contribution in [0.1, 0.15) is 35.3 Å². The minimum absolute atomic E-state index is 0.506. The number of methoxy groups -OCH3 is 1. The van der Waals surface area contributed by atoms with Gasteiger partial charge in [0.25, 0.3) is 6.43 Å². The number of alkyl halides is 2. The van der Waals surface area contributed by atoms with Gasteiger partial charge >= 0.3 is 0 Å². The average Bonchev–Trinajstić information content (AvgIpc) is 2.62. The molecule has 1 aromatic carbocycles. The number of aliphatic hydroxyl groups excluding tert-OH is 1. The average molecular weight is 228 g/mol. The number of halogens is 2. The zero-order valence-corrected chi connectivity index (χ0v) is 8.99. The van der Waals surface area contributed by atoms with Crippen molar-refractivity contribution < 1.29 is 18.6 Å². The molecule has 0 bridgehead atoms. The Hall–Kier alpha value is -1.00. The van der Waals surface area contributed by atoms with Crippen LogP contribution in [-0.4, -0.2) is 18.6 Å². The third-order valence-electron chi connectivity index (χ3n) is 3.06. The molecule has 0 aliphatic heterocycles. The topological polar surface area (TPSA) is 29.5 Å². The lowest BCUT2D eigenvalue weighted by molar-refractivity contribution is -0.0347. The Kier molecular flexibility index (Phi) is 3.21. The van der Waals surface area contributed by atoms with Gasteiger partial charge in [-0.3, -0.25) is 0 Å². The monoisotopic (exact) mass is 228 g/mol. The lowest BCUT2D eigenvalue weighted by Crippen LogP contribution is -2.13. The molecule has 1 N–H and O–H groups in total. The second kappa shape index (κ2) is 4.47. The quantitative estimate of drug-likeness (QED) is 0.861. The molecule has 88 valence electrons. The minimum atomic E-state index is -2.55. The summed E-state index contributed by atoms with van der Waals surface area (Å²) in [4.78, 5) is 0. The molecule has 2 rings (SSSR count). The number of rotatable bonds is 3. The molecule has 1 aromatic rings. The Morgan fingerprint density at radius 3 is 2.81 bits per heavy atom. The van der Waals surface area contributed by atoms with Crippen molar-refractivity contribution in [2.24, 2.45) is 0 Å². The number of aliphatic hydroxyl groups is 1. The van der Waals surface area contributed by atoms with Gasteiger partial charge < -0.3 is 9.84 Å². The van der Waals surface area contributed by atoms with Gasteiger partial charge in [0, 0.05) is 7.11 Å². The number of benzene rings is 1. The van der Waals surface area contributed by atoms with Gasteiger partial charge in [0.05, 0.1) is 6.10 Å². The maximum absolute atomic E-state index is 12.8. The Labute approximate surface area is 92.9 Å². The summed E-state index contributed by atoms with van der Waals surface area (Å²) in [6, 6.07) is 5.13. The van der Waals surface area contributed by atoms with Crippen molar-refractivity contribution in [2.45, 2.75) is 31.5 Å². The molecule has 0 aromatic heterocycles. The van der Waals surface area contributed by atoms with E-state index in [2.05, 4.69) is 0 Å². The fourth-order valence-electron chi connectivity index (χ4n) is 2.29. The third kappa shape index (κ3) is 1.83. The molecule has 4 heteroatoms. The molecule has 1 aliphatic rings. The molecule has 2 unspecified atom stereocenters. The smallest absolute Gasteiger partial charge is 0.268 e. The van der Waals surface area contributed by atoms with Crippen molar-refractivity contribution in [3.63, 3.8) is 0 Å². The molecular weight excluding hydrogens is 214 g/mol. The SMILES string of the molecule is COC(c1cccc2c1CCC2O)C(F)F. The van der Waals surface area contributed by atoms with Crippen LogP contribution in [0.3, 0.4) is 0 Å². The van der Waals surface area contributed by atoms with Crippen LogP contribution in [0, 0.1) is 0 Å². The van der Waals surface area contributed by atoms with E-state index >= 15 is 0 Å². The first-order valence-corrected chi connectivity index (χ1v) is 5.26. The zero-order valence-electron chi connectivity index (χ0n) is 8.99. The van der Waals surface area contributed by atoms with Crippen molar-refractivity contribution in [1.82, 2.24) is 0 Å². The van der Waals surface area contributed by atoms with Crippen molar-refractivity contribution in [1.29, 1.82) is 0 Å². The van der Waals surface area contributed by atoms with E-state index in [9.17, 15) is 13.9 Å². The van der Waals surface area contributed by atoms with Crippen molar-refractivity contribution in [2.75, 3.05) is 7.11 Å². The van der Waals surface area contributed by atoms with Crippen LogP contribution in [0.15, 0.2) is 18.2 Å². The molecule has 0 spiro atoms. The molecule has 16 heavy (non-hydrogen) atoms. The van der Waals surface area contributed by atoms with E-state index in [4.69, 9.17) is 4.74 Å². The summed E-state index contributed by atoms with van der Waals surface area (Å²) in [6.45, 7) is 0. The highest BCUT2D eigenvalue weighted by Gasteiger charge is 2.29. The predicted molar refractivity (Wildman–Crippen MR) is 55.5 cm³/mol. The molecule has 0 radical (unpaired) electrons. The van der Waals surface area contributed by atoms with Gasteiger partial charge in [-0.15, -0.1) is 0 Å². The van der Waals surface area contributed by atoms with E-state index in [1.807, 2.05) is 0 Å². The van der Waals surface area contributed by atoms with E-state index in [0.717, 1.165) is 11.1 Å². The van der Waals surface area contributed by atoms with Crippen molar-refractivity contribution >= 4 is 0 Å². The fourth-order valence-corrected chi connectivity index (χ4v) is 2.29. The molecule has 0 heterocycles. The van der Waals surface area contributed by atoms with Crippen LogP contribution in [0.5, 0.6) is 0 Å². The fraction of sp³-hybridized carbons (Fsp3) is 0.500. The van der Waals surface area contributed by atoms with Crippen LogP contribution in [0.2, 0.25) is 0 Å². The summed E-state index contributed by atoms with van der Waals surface area (Å²) in [5.41, 5.74) is 2.09. The highest BCUT2D eigenvalue weighted by Crippen LogP contribution is 2.37. The van der Waals surface area contributed by atoms with Crippen LogP contribution >= 0.6 is 0 Å². The van der Waals surface area contributed by atoms with E-state index < -0.39 is 18.6 Å². The van der Waals surface area contributed by atoms with Crippen molar-refractivity contribution in [3.05, 3.63) is 34.9 Å². The highest BCUT2D eigenvalue weighted by molar-refractivity contribution is 5.41. The molecule has 2 atom stereocenters. The van der Waals surface area contributed by atoms with E-state index in [0.29, 0.717) is 18.4 Å². The summed E-state index contributed by atoms with van der Waals surface area (Å²) >= 11 is 0. The largest absolute Gasteiger partial charge is 0.388 e. The first-order valence-electron chi connectivity index (χ1n) is 5.26. The van der Waals surface area contributed by atoms with Gasteiger partial charge in [-0.1, -0.05) is 18.2 Å². The van der Waals surface area contributed by atoms with Gasteiger partial charge in [0.1, 0.15) is 6.10 Å². The highest BCUT2D eigenvalue weighted by atomic mass is 19.3. The number of hydrogen-bond donors (Lipinski definition) is 1. The Morgan fingerprint density at radius 2 is 2.19 bits per heavy atom. The van der Waals surface area contributed by atoms with E-state index in [1.54, 1.807) is 18.2 Å².